The molecule has 0 fully saturated rings. The summed E-state index contributed by atoms with van der Waals surface area (Å²) in [5.74, 6) is 1.23. The Bertz CT molecular complexity index is 695. The number of nitrogens with two attached hydrogens (primary N) is 1. The van der Waals surface area contributed by atoms with Crippen molar-refractivity contribution in [3.63, 3.8) is 0 Å². The molecule has 2 N–H and O–H groups in total. The Balaban J connectivity index is 2.38. The standard InChI is InChI=1S/C13H12N2O2/c1-7-8(2)16-12-9(7)4-3-5-10(12)11-6-15-17-13(11)14/h3-6H,14H2,1-2H3. The van der Waals surface area contributed by atoms with Gasteiger partial charge >= 0.3 is 0 Å². The highest BCUT2D eigenvalue weighted by atomic mass is 16.5. The first-order chi connectivity index (χ1) is 8.18. The monoisotopic (exact) mass is 228 g/mol. The number of nitrogens with zero attached hydrogens (tertiary/aromatic N) is 1. The average Bonchev–Trinajstić information content (AvgIpc) is 2.85. The quantitative estimate of drug-likeness (QED) is 0.694. The van der Waals surface area contributed by atoms with E-state index < -0.39 is 0 Å². The molecule has 17 heavy (non-hydrogen) atoms. The number of fused-ring (bicyclic) bond motifs is 1. The highest BCUT2D eigenvalue weighted by Gasteiger charge is 2.15. The SMILES string of the molecule is Cc1oc2c(-c3cnoc3N)cccc2c1C. The third-order valence-corrected chi connectivity index (χ3v) is 3.09. The van der Waals surface area contributed by atoms with Gasteiger partial charge in [0.25, 0.3) is 0 Å². The minimum Gasteiger partial charge on any atom is -0.460 e. The van der Waals surface area contributed by atoms with Gasteiger partial charge in [-0.2, -0.15) is 0 Å². The van der Waals surface area contributed by atoms with Crippen LogP contribution in [-0.2, 0) is 0 Å². The van der Waals surface area contributed by atoms with Crippen LogP contribution in [0.3, 0.4) is 0 Å². The summed E-state index contributed by atoms with van der Waals surface area (Å²) in [5.41, 5.74) is 9.40. The van der Waals surface area contributed by atoms with E-state index in [1.807, 2.05) is 32.0 Å². The van der Waals surface area contributed by atoms with Crippen molar-refractivity contribution in [1.29, 1.82) is 0 Å². The van der Waals surface area contributed by atoms with Gasteiger partial charge in [-0.3, -0.25) is 0 Å². The maximum Gasteiger partial charge on any atom is 0.230 e. The van der Waals surface area contributed by atoms with Crippen molar-refractivity contribution in [2.24, 2.45) is 0 Å². The van der Waals surface area contributed by atoms with Crippen molar-refractivity contribution in [1.82, 2.24) is 5.16 Å². The van der Waals surface area contributed by atoms with Crippen LogP contribution in [0.1, 0.15) is 11.3 Å². The summed E-state index contributed by atoms with van der Waals surface area (Å²) in [7, 11) is 0. The maximum atomic E-state index is 5.78. The van der Waals surface area contributed by atoms with Crippen molar-refractivity contribution in [3.05, 3.63) is 35.7 Å². The van der Waals surface area contributed by atoms with E-state index in [1.54, 1.807) is 6.20 Å². The minimum absolute atomic E-state index is 0.309. The molecule has 2 heterocycles. The molecule has 0 aliphatic rings. The largest absolute Gasteiger partial charge is 0.460 e. The van der Waals surface area contributed by atoms with Crippen molar-refractivity contribution >= 4 is 16.9 Å². The van der Waals surface area contributed by atoms with Crippen LogP contribution in [0.25, 0.3) is 22.1 Å². The molecular weight excluding hydrogens is 216 g/mol. The van der Waals surface area contributed by atoms with E-state index in [9.17, 15) is 0 Å². The Morgan fingerprint density at radius 1 is 1.18 bits per heavy atom. The molecule has 0 saturated heterocycles. The fourth-order valence-electron chi connectivity index (χ4n) is 2.02. The fraction of sp³-hybridized carbons (Fsp3) is 0.154. The second-order valence-corrected chi connectivity index (χ2v) is 4.07. The molecule has 0 aliphatic heterocycles. The third kappa shape index (κ3) is 1.34. The molecule has 3 aromatic rings. The lowest BCUT2D eigenvalue weighted by molar-refractivity contribution is 0.436. The molecule has 0 atom stereocenters. The van der Waals surface area contributed by atoms with Crippen molar-refractivity contribution in [2.75, 3.05) is 5.73 Å². The molecule has 3 rings (SSSR count). The van der Waals surface area contributed by atoms with E-state index in [2.05, 4.69) is 5.16 Å². The average molecular weight is 228 g/mol. The van der Waals surface area contributed by atoms with Crippen molar-refractivity contribution in [3.8, 4) is 11.1 Å². The number of rotatable bonds is 1. The summed E-state index contributed by atoms with van der Waals surface area (Å²) in [4.78, 5) is 0. The Morgan fingerprint density at radius 3 is 2.71 bits per heavy atom. The molecule has 0 saturated carbocycles. The number of hydrogen-bond donors (Lipinski definition) is 1. The van der Waals surface area contributed by atoms with Crippen LogP contribution in [0.2, 0.25) is 0 Å². The maximum absolute atomic E-state index is 5.78. The first-order valence-corrected chi connectivity index (χ1v) is 5.37. The lowest BCUT2D eigenvalue weighted by atomic mass is 10.0. The van der Waals surface area contributed by atoms with E-state index in [1.165, 1.54) is 0 Å². The van der Waals surface area contributed by atoms with Gasteiger partial charge in [0.1, 0.15) is 11.3 Å². The molecule has 0 spiro atoms. The van der Waals surface area contributed by atoms with Crippen molar-refractivity contribution < 1.29 is 8.94 Å². The van der Waals surface area contributed by atoms with Gasteiger partial charge in [-0.05, 0) is 19.4 Å². The number of anilines is 1. The second kappa shape index (κ2) is 3.38. The molecule has 2 aromatic heterocycles. The molecular formula is C13H12N2O2. The van der Waals surface area contributed by atoms with Gasteiger partial charge in [-0.1, -0.05) is 23.4 Å². The highest BCUT2D eigenvalue weighted by Crippen LogP contribution is 2.35. The van der Waals surface area contributed by atoms with Gasteiger partial charge in [-0.25, -0.2) is 0 Å². The number of hydrogen-bond acceptors (Lipinski definition) is 4. The second-order valence-electron chi connectivity index (χ2n) is 4.07. The summed E-state index contributed by atoms with van der Waals surface area (Å²) in [6.45, 7) is 4.00. The minimum atomic E-state index is 0.309. The van der Waals surface area contributed by atoms with Crippen LogP contribution in [0.15, 0.2) is 33.3 Å². The zero-order valence-corrected chi connectivity index (χ0v) is 9.65. The summed E-state index contributed by atoms with van der Waals surface area (Å²) < 4.78 is 10.7. The van der Waals surface area contributed by atoms with Crippen LogP contribution in [0, 0.1) is 13.8 Å². The molecule has 1 aromatic carbocycles. The van der Waals surface area contributed by atoms with Gasteiger partial charge in [-0.15, -0.1) is 0 Å². The number of aryl methyl sites for hydroxylation is 2. The molecule has 0 unspecified atom stereocenters. The van der Waals surface area contributed by atoms with Crippen LogP contribution < -0.4 is 5.73 Å². The third-order valence-electron chi connectivity index (χ3n) is 3.09. The molecule has 86 valence electrons. The molecule has 0 radical (unpaired) electrons. The Morgan fingerprint density at radius 2 is 2.00 bits per heavy atom. The van der Waals surface area contributed by atoms with Crippen LogP contribution in [0.4, 0.5) is 5.88 Å². The van der Waals surface area contributed by atoms with E-state index in [0.717, 1.165) is 33.4 Å². The van der Waals surface area contributed by atoms with Crippen LogP contribution >= 0.6 is 0 Å². The first kappa shape index (κ1) is 9.96. The predicted molar refractivity (Wildman–Crippen MR) is 65.6 cm³/mol. The highest BCUT2D eigenvalue weighted by molar-refractivity contribution is 5.96. The number of aromatic nitrogens is 1. The summed E-state index contributed by atoms with van der Waals surface area (Å²) in [6.07, 6.45) is 1.61. The van der Waals surface area contributed by atoms with Gasteiger partial charge in [0.05, 0.1) is 11.8 Å². The topological polar surface area (TPSA) is 65.2 Å². The lowest BCUT2D eigenvalue weighted by Gasteiger charge is -1.99. The smallest absolute Gasteiger partial charge is 0.230 e. The molecule has 0 aliphatic carbocycles. The van der Waals surface area contributed by atoms with Crippen molar-refractivity contribution in [2.45, 2.75) is 13.8 Å². The molecule has 0 bridgehead atoms. The predicted octanol–water partition coefficient (Wildman–Crippen LogP) is 3.29. The Labute approximate surface area is 98.0 Å². The van der Waals surface area contributed by atoms with Gasteiger partial charge in [0.15, 0.2) is 0 Å². The number of benzene rings is 1. The summed E-state index contributed by atoms with van der Waals surface area (Å²) in [6, 6.07) is 5.97. The molecule has 4 nitrogen and oxygen atoms in total. The van der Waals surface area contributed by atoms with Gasteiger partial charge < -0.3 is 14.7 Å². The summed E-state index contributed by atoms with van der Waals surface area (Å²) >= 11 is 0. The van der Waals surface area contributed by atoms with E-state index >= 15 is 0 Å². The molecule has 4 heteroatoms. The van der Waals surface area contributed by atoms with E-state index in [-0.39, 0.29) is 0 Å². The zero-order chi connectivity index (χ0) is 12.0. The summed E-state index contributed by atoms with van der Waals surface area (Å²) in [5, 5.41) is 4.79. The zero-order valence-electron chi connectivity index (χ0n) is 9.65. The Hall–Kier alpha value is -2.23. The van der Waals surface area contributed by atoms with E-state index in [0.29, 0.717) is 5.88 Å². The van der Waals surface area contributed by atoms with Crippen LogP contribution in [-0.4, -0.2) is 5.16 Å². The Kier molecular flexibility index (Phi) is 1.98. The molecule has 0 amide bonds. The van der Waals surface area contributed by atoms with E-state index in [4.69, 9.17) is 14.7 Å². The normalized spacial score (nSPS) is 11.2. The van der Waals surface area contributed by atoms with Gasteiger partial charge in [0.2, 0.25) is 5.88 Å². The first-order valence-electron chi connectivity index (χ1n) is 5.37. The number of furan rings is 1. The van der Waals surface area contributed by atoms with Crippen LogP contribution in [0.5, 0.6) is 0 Å². The van der Waals surface area contributed by atoms with Gasteiger partial charge in [0, 0.05) is 10.9 Å². The number of nitrogen functional groups attached to an aromatic ring is 1. The lowest BCUT2D eigenvalue weighted by Crippen LogP contribution is -1.85. The number of para-hydroxylation sites is 1. The fourth-order valence-corrected chi connectivity index (χ4v) is 2.02.